The van der Waals surface area contributed by atoms with Crippen LogP contribution in [0.25, 0.3) is 0 Å². The first kappa shape index (κ1) is 16.2. The smallest absolute Gasteiger partial charge is 0.128 e. The second-order valence-electron chi connectivity index (χ2n) is 6.18. The summed E-state index contributed by atoms with van der Waals surface area (Å²) in [4.78, 5) is 2.41. The maximum absolute atomic E-state index is 14.0. The molecule has 0 aromatic heterocycles. The van der Waals surface area contributed by atoms with Crippen LogP contribution in [0.1, 0.15) is 24.5 Å². The Hall–Kier alpha value is -0.160. The van der Waals surface area contributed by atoms with Gasteiger partial charge in [0.1, 0.15) is 5.82 Å². The summed E-state index contributed by atoms with van der Waals surface area (Å²) in [6.07, 6.45) is 2.16. The standard InChI is InChI=1S/C15H20BrFN2.ClH/c1-15(5-6-18-9-15)10-19-7-4-11-12(8-19)14(17)3-2-13(11)16;/h2-3,18H,4-10H2,1H3;1H. The molecule has 1 unspecified atom stereocenters. The molecule has 2 nitrogen and oxygen atoms in total. The molecule has 1 atom stereocenters. The van der Waals surface area contributed by atoms with Gasteiger partial charge in [0.25, 0.3) is 0 Å². The van der Waals surface area contributed by atoms with E-state index in [4.69, 9.17) is 0 Å². The van der Waals surface area contributed by atoms with Crippen molar-refractivity contribution < 1.29 is 4.39 Å². The molecular weight excluding hydrogens is 343 g/mol. The third-order valence-electron chi connectivity index (χ3n) is 4.44. The SMILES string of the molecule is CC1(CN2CCc3c(Br)ccc(F)c3C2)CCNC1.Cl. The highest BCUT2D eigenvalue weighted by Gasteiger charge is 2.32. The van der Waals surface area contributed by atoms with Crippen LogP contribution >= 0.6 is 28.3 Å². The fourth-order valence-corrected chi connectivity index (χ4v) is 3.90. The van der Waals surface area contributed by atoms with Crippen molar-refractivity contribution in [3.63, 3.8) is 0 Å². The summed E-state index contributed by atoms with van der Waals surface area (Å²) in [6.45, 7) is 7.37. The van der Waals surface area contributed by atoms with Gasteiger partial charge in [-0.25, -0.2) is 4.39 Å². The van der Waals surface area contributed by atoms with E-state index in [0.29, 0.717) is 5.41 Å². The Kier molecular flexibility index (Phi) is 5.11. The quantitative estimate of drug-likeness (QED) is 0.866. The molecule has 20 heavy (non-hydrogen) atoms. The molecule has 2 aliphatic heterocycles. The molecule has 3 rings (SSSR count). The molecule has 0 bridgehead atoms. The van der Waals surface area contributed by atoms with Crippen LogP contribution in [0, 0.1) is 11.2 Å². The molecule has 1 fully saturated rings. The Morgan fingerprint density at radius 1 is 1.40 bits per heavy atom. The third kappa shape index (κ3) is 3.19. The summed E-state index contributed by atoms with van der Waals surface area (Å²) in [5.41, 5.74) is 2.39. The summed E-state index contributed by atoms with van der Waals surface area (Å²) < 4.78 is 15.0. The first-order chi connectivity index (χ1) is 9.07. The number of nitrogens with one attached hydrogen (secondary N) is 1. The van der Waals surface area contributed by atoms with Crippen molar-refractivity contribution in [1.82, 2.24) is 10.2 Å². The van der Waals surface area contributed by atoms with Crippen LogP contribution in [0.2, 0.25) is 0 Å². The summed E-state index contributed by atoms with van der Waals surface area (Å²) in [6, 6.07) is 3.40. The highest BCUT2D eigenvalue weighted by molar-refractivity contribution is 9.10. The molecule has 5 heteroatoms. The van der Waals surface area contributed by atoms with Gasteiger partial charge in [0.05, 0.1) is 0 Å². The molecular formula is C15H21BrClFN2. The van der Waals surface area contributed by atoms with Crippen LogP contribution in [0.5, 0.6) is 0 Å². The van der Waals surface area contributed by atoms with E-state index in [9.17, 15) is 4.39 Å². The average molecular weight is 364 g/mol. The molecule has 1 N–H and O–H groups in total. The zero-order valence-electron chi connectivity index (χ0n) is 11.7. The second-order valence-corrected chi connectivity index (χ2v) is 7.04. The van der Waals surface area contributed by atoms with Crippen LogP contribution in [0.15, 0.2) is 16.6 Å². The van der Waals surface area contributed by atoms with Crippen molar-refractivity contribution in [2.24, 2.45) is 5.41 Å². The lowest BCUT2D eigenvalue weighted by Gasteiger charge is -2.35. The zero-order valence-corrected chi connectivity index (χ0v) is 14.1. The van der Waals surface area contributed by atoms with Crippen LogP contribution in [-0.4, -0.2) is 31.1 Å². The maximum Gasteiger partial charge on any atom is 0.128 e. The third-order valence-corrected chi connectivity index (χ3v) is 5.18. The molecule has 0 saturated carbocycles. The second kappa shape index (κ2) is 6.30. The van der Waals surface area contributed by atoms with Gasteiger partial charge in [-0.3, -0.25) is 4.90 Å². The van der Waals surface area contributed by atoms with Crippen molar-refractivity contribution in [3.8, 4) is 0 Å². The number of hydrogen-bond acceptors (Lipinski definition) is 2. The Bertz CT molecular complexity index is 489. The van der Waals surface area contributed by atoms with Gasteiger partial charge in [0.15, 0.2) is 0 Å². The number of fused-ring (bicyclic) bond motifs is 1. The predicted molar refractivity (Wildman–Crippen MR) is 85.9 cm³/mol. The molecule has 0 aliphatic carbocycles. The van der Waals surface area contributed by atoms with E-state index in [1.807, 2.05) is 6.07 Å². The molecule has 1 aromatic carbocycles. The van der Waals surface area contributed by atoms with Gasteiger partial charge in [0, 0.05) is 36.2 Å². The van der Waals surface area contributed by atoms with E-state index in [1.165, 1.54) is 6.42 Å². The van der Waals surface area contributed by atoms with Crippen LogP contribution in [0.4, 0.5) is 4.39 Å². The fraction of sp³-hybridized carbons (Fsp3) is 0.600. The number of nitrogens with zero attached hydrogens (tertiary/aromatic N) is 1. The highest BCUT2D eigenvalue weighted by Crippen LogP contribution is 2.32. The van der Waals surface area contributed by atoms with E-state index >= 15 is 0 Å². The van der Waals surface area contributed by atoms with Crippen molar-refractivity contribution >= 4 is 28.3 Å². The van der Waals surface area contributed by atoms with Gasteiger partial charge in [-0.1, -0.05) is 22.9 Å². The molecule has 112 valence electrons. The summed E-state index contributed by atoms with van der Waals surface area (Å²) >= 11 is 3.54. The maximum atomic E-state index is 14.0. The van der Waals surface area contributed by atoms with Gasteiger partial charge in [0.2, 0.25) is 0 Å². The van der Waals surface area contributed by atoms with Gasteiger partial charge < -0.3 is 5.32 Å². The topological polar surface area (TPSA) is 15.3 Å². The lowest BCUT2D eigenvalue weighted by Crippen LogP contribution is -2.40. The van der Waals surface area contributed by atoms with Gasteiger partial charge >= 0.3 is 0 Å². The monoisotopic (exact) mass is 362 g/mol. The van der Waals surface area contributed by atoms with E-state index in [-0.39, 0.29) is 18.2 Å². The minimum absolute atomic E-state index is 0. The van der Waals surface area contributed by atoms with Crippen LogP contribution in [-0.2, 0) is 13.0 Å². The number of benzene rings is 1. The average Bonchev–Trinajstić information content (AvgIpc) is 2.81. The van der Waals surface area contributed by atoms with Crippen LogP contribution < -0.4 is 5.32 Å². The normalized spacial score (nSPS) is 26.1. The highest BCUT2D eigenvalue weighted by atomic mass is 79.9. The minimum Gasteiger partial charge on any atom is -0.316 e. The van der Waals surface area contributed by atoms with E-state index in [1.54, 1.807) is 6.07 Å². The van der Waals surface area contributed by atoms with E-state index in [2.05, 4.69) is 33.1 Å². The Labute approximate surface area is 134 Å². The summed E-state index contributed by atoms with van der Waals surface area (Å²) in [5.74, 6) is -0.0578. The van der Waals surface area contributed by atoms with E-state index in [0.717, 1.165) is 54.7 Å². The summed E-state index contributed by atoms with van der Waals surface area (Å²) in [5, 5.41) is 3.43. The molecule has 2 aliphatic rings. The first-order valence-electron chi connectivity index (χ1n) is 6.96. The molecule has 1 saturated heterocycles. The Morgan fingerprint density at radius 2 is 2.20 bits per heavy atom. The zero-order chi connectivity index (χ0) is 13.5. The lowest BCUT2D eigenvalue weighted by atomic mass is 9.88. The van der Waals surface area contributed by atoms with Gasteiger partial charge in [-0.15, -0.1) is 12.4 Å². The summed E-state index contributed by atoms with van der Waals surface area (Å²) in [7, 11) is 0. The lowest BCUT2D eigenvalue weighted by molar-refractivity contribution is 0.162. The molecule has 0 amide bonds. The van der Waals surface area contributed by atoms with Crippen molar-refractivity contribution in [2.75, 3.05) is 26.2 Å². The predicted octanol–water partition coefficient (Wildman–Crippen LogP) is 3.37. The minimum atomic E-state index is -0.0578. The van der Waals surface area contributed by atoms with E-state index < -0.39 is 0 Å². The first-order valence-corrected chi connectivity index (χ1v) is 7.76. The fourth-order valence-electron chi connectivity index (χ4n) is 3.33. The molecule has 0 spiro atoms. The van der Waals surface area contributed by atoms with Gasteiger partial charge in [-0.05, 0) is 42.5 Å². The van der Waals surface area contributed by atoms with Crippen molar-refractivity contribution in [2.45, 2.75) is 26.3 Å². The molecule has 0 radical (unpaired) electrons. The number of hydrogen-bond donors (Lipinski definition) is 1. The Balaban J connectivity index is 0.00000147. The van der Waals surface area contributed by atoms with Crippen molar-refractivity contribution in [1.29, 1.82) is 0 Å². The van der Waals surface area contributed by atoms with Crippen molar-refractivity contribution in [3.05, 3.63) is 33.5 Å². The largest absolute Gasteiger partial charge is 0.316 e. The number of rotatable bonds is 2. The molecule has 2 heterocycles. The van der Waals surface area contributed by atoms with Crippen LogP contribution in [0.3, 0.4) is 0 Å². The van der Waals surface area contributed by atoms with Gasteiger partial charge in [-0.2, -0.15) is 0 Å². The molecule has 1 aromatic rings. The Morgan fingerprint density at radius 3 is 2.90 bits per heavy atom. The number of halogens is 3.